The average molecular weight is 1290 g/mol. The molecule has 0 radical (unpaired) electrons. The highest BCUT2D eigenvalue weighted by Crippen LogP contribution is 2.40. The third kappa shape index (κ3) is 13.9. The van der Waals surface area contributed by atoms with E-state index in [1.54, 1.807) is 49.4 Å². The smallest absolute Gasteiger partial charge is 0.122 e. The molecule has 0 spiro atoms. The van der Waals surface area contributed by atoms with Crippen molar-refractivity contribution < 1.29 is 20.4 Å². The summed E-state index contributed by atoms with van der Waals surface area (Å²) >= 11 is 6.22. The number of hydrogen-bond acceptors (Lipinski definition) is 10. The first kappa shape index (κ1) is 65.3. The van der Waals surface area contributed by atoms with Crippen molar-refractivity contribution in [1.82, 2.24) is 48.1 Å². The third-order valence-corrected chi connectivity index (χ3v) is 20.5. The second-order valence-corrected chi connectivity index (χ2v) is 27.8. The number of aliphatic hydroxyl groups is 4. The minimum atomic E-state index is -1.06. The van der Waals surface area contributed by atoms with Crippen LogP contribution in [0.15, 0.2) is 165 Å². The molecule has 0 fully saturated rings. The maximum Gasteiger partial charge on any atom is 0.122 e. The molecule has 3 aliphatic carbocycles. The molecule has 0 saturated carbocycles. The van der Waals surface area contributed by atoms with Crippen LogP contribution in [0.1, 0.15) is 149 Å². The van der Waals surface area contributed by atoms with Gasteiger partial charge in [-0.15, -0.1) is 0 Å². The molecule has 16 rings (SSSR count). The van der Waals surface area contributed by atoms with Crippen molar-refractivity contribution in [1.29, 1.82) is 0 Å². The van der Waals surface area contributed by atoms with Crippen LogP contribution in [0.3, 0.4) is 0 Å². The minimum absolute atomic E-state index is 0.470. The Morgan fingerprint density at radius 2 is 0.968 bits per heavy atom. The lowest BCUT2D eigenvalue weighted by Gasteiger charge is -2.27. The minimum Gasteiger partial charge on any atom is -0.387 e. The van der Waals surface area contributed by atoms with E-state index in [9.17, 15) is 20.4 Å². The molecule has 4 N–H and O–H groups in total. The summed E-state index contributed by atoms with van der Waals surface area (Å²) < 4.78 is 9.26. The SMILES string of the molecule is CC(O)(Cn1c2c(c3cc(Cl)ccc31)CCCC2)c1ccncn1.Cc1ccc2c(c1)c1c(n2CC(C)(O)c2cccnc2)CCCC1.Cc1ccc2c(c1)c1c(n2CC(O)c2ccncc2)CCCC1.Cc1ccc2c3c(n(CC(O)c4cccnc4)c2c1)CCN(C)C3. The van der Waals surface area contributed by atoms with Gasteiger partial charge >= 0.3 is 0 Å². The van der Waals surface area contributed by atoms with Crippen molar-refractivity contribution in [2.45, 2.75) is 174 Å². The summed E-state index contributed by atoms with van der Waals surface area (Å²) in [5, 5.41) is 49.6. The van der Waals surface area contributed by atoms with Crippen LogP contribution in [0.25, 0.3) is 43.6 Å². The lowest BCUT2D eigenvalue weighted by atomic mass is 9.94. The van der Waals surface area contributed by atoms with Gasteiger partial charge in [0.2, 0.25) is 0 Å². The molecule has 0 bridgehead atoms. The molecule has 14 nitrogen and oxygen atoms in total. The Balaban J connectivity index is 0.000000115. The van der Waals surface area contributed by atoms with Crippen molar-refractivity contribution >= 4 is 55.2 Å². The molecule has 0 saturated heterocycles. The molecule has 8 aromatic heterocycles. The normalized spacial score (nSPS) is 16.4. The van der Waals surface area contributed by atoms with Crippen LogP contribution in [-0.2, 0) is 88.9 Å². The Morgan fingerprint density at radius 1 is 0.463 bits per heavy atom. The second kappa shape index (κ2) is 28.2. The van der Waals surface area contributed by atoms with Crippen LogP contribution < -0.4 is 0 Å². The third-order valence-electron chi connectivity index (χ3n) is 20.2. The van der Waals surface area contributed by atoms with Crippen LogP contribution in [0.5, 0.6) is 0 Å². The highest BCUT2D eigenvalue weighted by Gasteiger charge is 2.32. The van der Waals surface area contributed by atoms with E-state index in [0.29, 0.717) is 31.9 Å². The van der Waals surface area contributed by atoms with E-state index in [4.69, 9.17) is 11.6 Å². The van der Waals surface area contributed by atoms with Crippen LogP contribution in [-0.4, -0.2) is 82.1 Å². The van der Waals surface area contributed by atoms with Gasteiger partial charge in [0, 0.05) is 145 Å². The summed E-state index contributed by atoms with van der Waals surface area (Å²) in [4.78, 5) is 22.9. The first-order valence-corrected chi connectivity index (χ1v) is 34.4. The summed E-state index contributed by atoms with van der Waals surface area (Å²) in [6.07, 6.45) is 27.7. The van der Waals surface area contributed by atoms with Gasteiger partial charge in [-0.3, -0.25) is 15.0 Å². The molecule has 12 aromatic rings. The van der Waals surface area contributed by atoms with Crippen LogP contribution in [0.4, 0.5) is 0 Å². The average Bonchev–Trinajstić information content (AvgIpc) is 1.64. The fraction of sp³-hybridized carbons (Fsp3) is 0.362. The van der Waals surface area contributed by atoms with Gasteiger partial charge in [-0.05, 0) is 231 Å². The largest absolute Gasteiger partial charge is 0.387 e. The van der Waals surface area contributed by atoms with Crippen molar-refractivity contribution in [2.75, 3.05) is 13.6 Å². The van der Waals surface area contributed by atoms with E-state index in [2.05, 4.69) is 143 Å². The topological polar surface area (TPSA) is 168 Å². The maximum atomic E-state index is 11.1. The van der Waals surface area contributed by atoms with Gasteiger partial charge in [-0.1, -0.05) is 59.1 Å². The Labute approximate surface area is 562 Å². The molecule has 4 aromatic carbocycles. The zero-order valence-corrected chi connectivity index (χ0v) is 56.6. The van der Waals surface area contributed by atoms with E-state index in [-0.39, 0.29) is 0 Å². The number of likely N-dealkylation sites (N-methyl/N-ethyl adjacent to an activating group) is 1. The van der Waals surface area contributed by atoms with Gasteiger partial charge in [0.1, 0.15) is 17.5 Å². The Hall–Kier alpha value is -8.34. The van der Waals surface area contributed by atoms with Gasteiger partial charge in [0.25, 0.3) is 0 Å². The molecule has 4 aliphatic rings. The number of rotatable bonds is 12. The number of aliphatic hydroxyl groups excluding tert-OH is 2. The van der Waals surface area contributed by atoms with Crippen molar-refractivity contribution in [2.24, 2.45) is 0 Å². The lowest BCUT2D eigenvalue weighted by Crippen LogP contribution is -2.30. The summed E-state index contributed by atoms with van der Waals surface area (Å²) in [5.41, 5.74) is 21.4. The Morgan fingerprint density at radius 3 is 1.56 bits per heavy atom. The van der Waals surface area contributed by atoms with Gasteiger partial charge in [-0.25, -0.2) is 9.97 Å². The Bertz CT molecular complexity index is 4500. The standard InChI is InChI=1S/C21H24N2O.C20H23N3O.C20H22N2O.C19H20ClN3O/c1-15-9-10-20-18(12-15)17-7-3-4-8-19(17)23(20)14-21(2,24)16-6-5-11-22-13-16;1-14-5-6-16-17-12-22(2)9-7-18(17)23(19(16)10-14)13-20(24)15-4-3-8-21-11-15;1-14-6-7-19-17(12-14)16-4-2-3-5-18(16)22(19)13-20(23)15-8-10-21-11-9-15;1-19(24,18-8-9-21-12-22-18)11-23-16-5-3-2-4-14(16)15-10-13(20)6-7-17(15)23/h5-6,9-13,24H,3-4,7-8,14H2,1-2H3;3-6,8,10-11,20,24H,7,9,12-13H2,1-2H3;6-12,20,23H,2-5,13H2,1H3;6-10,12,24H,2-5,11H2,1H3. The summed E-state index contributed by atoms with van der Waals surface area (Å²) in [6.45, 7) is 14.4. The molecule has 9 heterocycles. The number of fused-ring (bicyclic) bond motifs is 12. The van der Waals surface area contributed by atoms with E-state index in [1.807, 2.05) is 56.3 Å². The Kier molecular flexibility index (Phi) is 19.4. The predicted octanol–water partition coefficient (Wildman–Crippen LogP) is 15.0. The van der Waals surface area contributed by atoms with Crippen molar-refractivity contribution in [3.8, 4) is 0 Å². The van der Waals surface area contributed by atoms with E-state index in [1.165, 1.54) is 145 Å². The van der Waals surface area contributed by atoms with Gasteiger partial charge in [0.05, 0.1) is 44.1 Å². The van der Waals surface area contributed by atoms with E-state index < -0.39 is 23.4 Å². The summed E-state index contributed by atoms with van der Waals surface area (Å²) in [7, 11) is 2.17. The number of pyridine rings is 3. The zero-order chi connectivity index (χ0) is 66.0. The van der Waals surface area contributed by atoms with Gasteiger partial charge in [-0.2, -0.15) is 0 Å². The fourth-order valence-corrected chi connectivity index (χ4v) is 15.5. The van der Waals surface area contributed by atoms with Gasteiger partial charge < -0.3 is 43.6 Å². The fourth-order valence-electron chi connectivity index (χ4n) is 15.4. The van der Waals surface area contributed by atoms with Crippen LogP contribution in [0, 0.1) is 20.8 Å². The molecular formula is C80H89ClN10O4. The number of halogens is 1. The monoisotopic (exact) mass is 1290 g/mol. The predicted molar refractivity (Wildman–Crippen MR) is 381 cm³/mol. The van der Waals surface area contributed by atoms with E-state index >= 15 is 0 Å². The van der Waals surface area contributed by atoms with Crippen molar-refractivity contribution in [3.05, 3.63) is 254 Å². The number of benzene rings is 4. The molecule has 4 unspecified atom stereocenters. The second-order valence-electron chi connectivity index (χ2n) is 27.4. The molecule has 0 amide bonds. The van der Waals surface area contributed by atoms with Crippen LogP contribution in [0.2, 0.25) is 5.02 Å². The van der Waals surface area contributed by atoms with Crippen LogP contribution >= 0.6 is 11.6 Å². The first-order chi connectivity index (χ1) is 46.0. The molecule has 4 atom stereocenters. The number of hydrogen-bond donors (Lipinski definition) is 4. The summed E-state index contributed by atoms with van der Waals surface area (Å²) in [5.74, 6) is 0. The maximum absolute atomic E-state index is 11.1. The lowest BCUT2D eigenvalue weighted by molar-refractivity contribution is 0.0341. The van der Waals surface area contributed by atoms with Gasteiger partial charge in [0.15, 0.2) is 0 Å². The molecule has 95 heavy (non-hydrogen) atoms. The molecule has 490 valence electrons. The zero-order valence-electron chi connectivity index (χ0n) is 55.8. The molecule has 1 aliphatic heterocycles. The van der Waals surface area contributed by atoms with Crippen molar-refractivity contribution in [3.63, 3.8) is 0 Å². The molecular weight excluding hydrogens is 1200 g/mol. The molecule has 15 heteroatoms. The first-order valence-electron chi connectivity index (χ1n) is 34.1. The quantitative estimate of drug-likeness (QED) is 0.0924. The number of aromatic nitrogens is 9. The number of nitrogens with zero attached hydrogens (tertiary/aromatic N) is 10. The number of aryl methyl sites for hydroxylation is 6. The summed E-state index contributed by atoms with van der Waals surface area (Å²) in [6, 6.07) is 39.3. The van der Waals surface area contributed by atoms with E-state index in [0.717, 1.165) is 85.3 Å². The highest BCUT2D eigenvalue weighted by atomic mass is 35.5. The highest BCUT2D eigenvalue weighted by molar-refractivity contribution is 6.31.